The fourth-order valence-electron chi connectivity index (χ4n) is 3.24. The Morgan fingerprint density at radius 2 is 1.77 bits per heavy atom. The molecule has 0 spiro atoms. The lowest BCUT2D eigenvalue weighted by atomic mass is 10.2. The van der Waals surface area contributed by atoms with Crippen LogP contribution in [0.5, 0.6) is 0 Å². The minimum atomic E-state index is -0.446. The molecule has 0 saturated heterocycles. The van der Waals surface area contributed by atoms with Gasteiger partial charge >= 0.3 is 0 Å². The van der Waals surface area contributed by atoms with Crippen LogP contribution in [0.4, 0.5) is 10.1 Å². The highest BCUT2D eigenvalue weighted by molar-refractivity contribution is 7.13. The second-order valence-electron chi connectivity index (χ2n) is 7.37. The van der Waals surface area contributed by atoms with Crippen LogP contribution in [0.25, 0.3) is 21.6 Å². The lowest BCUT2D eigenvalue weighted by Crippen LogP contribution is -2.22. The highest BCUT2D eigenvalue weighted by Gasteiger charge is 2.11. The van der Waals surface area contributed by atoms with Crippen LogP contribution in [0.3, 0.4) is 0 Å². The van der Waals surface area contributed by atoms with Gasteiger partial charge in [0, 0.05) is 6.54 Å². The molecule has 0 aliphatic carbocycles. The van der Waals surface area contributed by atoms with E-state index in [0.717, 1.165) is 63.3 Å². The number of benzene rings is 1. The van der Waals surface area contributed by atoms with Gasteiger partial charge in [0.25, 0.3) is 5.56 Å². The molecule has 1 aromatic carbocycles. The Kier molecular flexibility index (Phi) is 9.41. The van der Waals surface area contributed by atoms with E-state index >= 15 is 0 Å². The Balaban J connectivity index is 1.43. The highest BCUT2D eigenvalue weighted by Crippen LogP contribution is 2.24. The van der Waals surface area contributed by atoms with E-state index in [9.17, 15) is 9.18 Å². The summed E-state index contributed by atoms with van der Waals surface area (Å²) in [6.45, 7) is 5.22. The van der Waals surface area contributed by atoms with Gasteiger partial charge in [-0.15, -0.1) is 11.3 Å². The molecular weight excluding hydrogens is 415 g/mol. The van der Waals surface area contributed by atoms with Gasteiger partial charge in [0.2, 0.25) is 0 Å². The predicted molar refractivity (Wildman–Crippen MR) is 127 cm³/mol. The molecule has 7 nitrogen and oxygen atoms in total. The fraction of sp³-hybridized carbons (Fsp3) is 0.455. The minimum absolute atomic E-state index is 0.252. The number of aromatic nitrogens is 2. The summed E-state index contributed by atoms with van der Waals surface area (Å²) >= 11 is 1.49. The predicted octanol–water partition coefficient (Wildman–Crippen LogP) is 2.90. The molecule has 9 heteroatoms. The van der Waals surface area contributed by atoms with Crippen molar-refractivity contribution in [1.82, 2.24) is 20.6 Å². The Morgan fingerprint density at radius 1 is 1.03 bits per heavy atom. The van der Waals surface area contributed by atoms with Gasteiger partial charge in [0.05, 0.1) is 21.5 Å². The Labute approximate surface area is 185 Å². The largest absolute Gasteiger partial charge is 0.383 e. The first-order valence-electron chi connectivity index (χ1n) is 10.8. The van der Waals surface area contributed by atoms with E-state index in [0.29, 0.717) is 23.6 Å². The SMILES string of the molecule is NCCCNCCCCNCCCNc1cc2nc(-c3cccs3)[nH]c(=O)c2cc1F. The van der Waals surface area contributed by atoms with Crippen LogP contribution < -0.4 is 27.2 Å². The summed E-state index contributed by atoms with van der Waals surface area (Å²) in [5, 5.41) is 12.1. The monoisotopic (exact) mass is 446 g/mol. The summed E-state index contributed by atoms with van der Waals surface area (Å²) in [6, 6.07) is 6.66. The molecule has 31 heavy (non-hydrogen) atoms. The number of thiophene rings is 1. The van der Waals surface area contributed by atoms with Crippen LogP contribution in [-0.2, 0) is 0 Å². The van der Waals surface area contributed by atoms with E-state index in [-0.39, 0.29) is 10.9 Å². The van der Waals surface area contributed by atoms with Crippen LogP contribution in [0.1, 0.15) is 25.7 Å². The van der Waals surface area contributed by atoms with Crippen LogP contribution in [0.2, 0.25) is 0 Å². The van der Waals surface area contributed by atoms with Gasteiger partial charge in [-0.2, -0.15) is 0 Å². The van der Waals surface area contributed by atoms with E-state index in [1.54, 1.807) is 6.07 Å². The number of nitrogens with one attached hydrogen (secondary N) is 4. The van der Waals surface area contributed by atoms with Gasteiger partial charge in [0.15, 0.2) is 5.82 Å². The minimum Gasteiger partial charge on any atom is -0.383 e. The van der Waals surface area contributed by atoms with E-state index in [1.165, 1.54) is 17.4 Å². The summed E-state index contributed by atoms with van der Waals surface area (Å²) < 4.78 is 14.4. The molecule has 0 aliphatic heterocycles. The maximum atomic E-state index is 14.4. The molecule has 0 fully saturated rings. The van der Waals surface area contributed by atoms with Crippen LogP contribution in [0.15, 0.2) is 34.4 Å². The maximum absolute atomic E-state index is 14.4. The average molecular weight is 447 g/mol. The van der Waals surface area contributed by atoms with Crippen molar-refractivity contribution >= 4 is 27.9 Å². The molecule has 0 radical (unpaired) electrons. The van der Waals surface area contributed by atoms with Crippen molar-refractivity contribution in [3.63, 3.8) is 0 Å². The third kappa shape index (κ3) is 7.10. The molecule has 0 unspecified atom stereocenters. The lowest BCUT2D eigenvalue weighted by Gasteiger charge is -2.10. The number of aromatic amines is 1. The van der Waals surface area contributed by atoms with Crippen LogP contribution >= 0.6 is 11.3 Å². The third-order valence-electron chi connectivity index (χ3n) is 4.91. The van der Waals surface area contributed by atoms with Crippen molar-refractivity contribution < 1.29 is 4.39 Å². The summed E-state index contributed by atoms with van der Waals surface area (Å²) in [6.07, 6.45) is 4.15. The number of nitrogens with two attached hydrogens (primary N) is 1. The van der Waals surface area contributed by atoms with Crippen molar-refractivity contribution in [3.8, 4) is 10.7 Å². The molecular formula is C22H31FN6OS. The second-order valence-corrected chi connectivity index (χ2v) is 8.32. The maximum Gasteiger partial charge on any atom is 0.259 e. The summed E-state index contributed by atoms with van der Waals surface area (Å²) in [5.74, 6) is 0.0580. The average Bonchev–Trinajstić information content (AvgIpc) is 3.30. The third-order valence-corrected chi connectivity index (χ3v) is 5.79. The number of nitrogens with zero attached hydrogens (tertiary/aromatic N) is 1. The van der Waals surface area contributed by atoms with Crippen molar-refractivity contribution in [2.24, 2.45) is 5.73 Å². The molecule has 2 heterocycles. The highest BCUT2D eigenvalue weighted by atomic mass is 32.1. The number of hydrogen-bond donors (Lipinski definition) is 5. The normalized spacial score (nSPS) is 11.3. The quantitative estimate of drug-likeness (QED) is 0.244. The fourth-order valence-corrected chi connectivity index (χ4v) is 3.91. The first kappa shape index (κ1) is 23.3. The second kappa shape index (κ2) is 12.5. The number of fused-ring (bicyclic) bond motifs is 1. The van der Waals surface area contributed by atoms with Crippen molar-refractivity contribution in [2.45, 2.75) is 25.7 Å². The first-order valence-corrected chi connectivity index (χ1v) is 11.7. The van der Waals surface area contributed by atoms with Crippen molar-refractivity contribution in [3.05, 3.63) is 45.8 Å². The van der Waals surface area contributed by atoms with Gasteiger partial charge < -0.3 is 26.7 Å². The summed E-state index contributed by atoms with van der Waals surface area (Å²) in [5.41, 5.74) is 5.97. The number of halogens is 1. The number of hydrogen-bond acceptors (Lipinski definition) is 7. The lowest BCUT2D eigenvalue weighted by molar-refractivity contribution is 0.571. The van der Waals surface area contributed by atoms with Gasteiger partial charge in [0.1, 0.15) is 5.82 Å². The summed E-state index contributed by atoms with van der Waals surface area (Å²) in [7, 11) is 0. The number of anilines is 1. The Hall–Kier alpha value is -2.33. The molecule has 0 aliphatic rings. The first-order chi connectivity index (χ1) is 15.2. The standard InChI is InChI=1S/C22H31FN6OS/c23-17-14-16-18(28-21(29-22(16)30)20-6-3-13-31-20)15-19(17)27-12-5-11-26-9-2-1-8-25-10-4-7-24/h3,6,13-15,25-27H,1-2,4-5,7-12,24H2,(H,28,29,30). The number of rotatable bonds is 14. The van der Waals surface area contributed by atoms with E-state index in [2.05, 4.69) is 25.9 Å². The number of H-pyrrole nitrogens is 1. The Morgan fingerprint density at radius 3 is 2.48 bits per heavy atom. The number of unbranched alkanes of at least 4 members (excludes halogenated alkanes) is 1. The molecule has 0 amide bonds. The smallest absolute Gasteiger partial charge is 0.259 e. The van der Waals surface area contributed by atoms with Gasteiger partial charge in [-0.25, -0.2) is 9.37 Å². The van der Waals surface area contributed by atoms with Crippen LogP contribution in [0, 0.1) is 5.82 Å². The molecule has 3 aromatic rings. The topological polar surface area (TPSA) is 108 Å². The molecule has 0 saturated carbocycles. The molecule has 0 bridgehead atoms. The zero-order valence-corrected chi connectivity index (χ0v) is 18.5. The van der Waals surface area contributed by atoms with Crippen molar-refractivity contribution in [1.29, 1.82) is 0 Å². The zero-order chi connectivity index (χ0) is 21.9. The molecule has 6 N–H and O–H groups in total. The van der Waals surface area contributed by atoms with E-state index in [1.807, 2.05) is 17.5 Å². The van der Waals surface area contributed by atoms with Gasteiger partial charge in [-0.1, -0.05) is 6.07 Å². The van der Waals surface area contributed by atoms with E-state index < -0.39 is 5.82 Å². The molecule has 2 aromatic heterocycles. The zero-order valence-electron chi connectivity index (χ0n) is 17.7. The van der Waals surface area contributed by atoms with Crippen molar-refractivity contribution in [2.75, 3.05) is 44.6 Å². The van der Waals surface area contributed by atoms with Gasteiger partial charge in [-0.3, -0.25) is 4.79 Å². The Bertz CT molecular complexity index is 992. The van der Waals surface area contributed by atoms with Crippen LogP contribution in [-0.4, -0.2) is 49.2 Å². The van der Waals surface area contributed by atoms with E-state index in [4.69, 9.17) is 5.73 Å². The molecule has 3 rings (SSSR count). The van der Waals surface area contributed by atoms with Gasteiger partial charge in [-0.05, 0) is 82.0 Å². The molecule has 0 atom stereocenters. The molecule has 168 valence electrons. The summed E-state index contributed by atoms with van der Waals surface area (Å²) in [4.78, 5) is 20.5.